The van der Waals surface area contributed by atoms with Gasteiger partial charge >= 0.3 is 0 Å². The smallest absolute Gasteiger partial charge is 0.133 e. The molecule has 8 bridgehead atoms. The largest absolute Gasteiger partial charge is 0.507 e. The van der Waals surface area contributed by atoms with Crippen molar-refractivity contribution in [2.45, 2.75) is 12.3 Å². The minimum absolute atomic E-state index is 0.156. The summed E-state index contributed by atoms with van der Waals surface area (Å²) in [5.41, 5.74) is 1.93. The van der Waals surface area contributed by atoms with Gasteiger partial charge in [0, 0.05) is 21.7 Å². The maximum atomic E-state index is 11.0. The number of benzene rings is 3. The Balaban J connectivity index is 2.12. The molecule has 5 aliphatic rings. The van der Waals surface area contributed by atoms with E-state index >= 15 is 0 Å². The summed E-state index contributed by atoms with van der Waals surface area (Å²) in [6.07, 6.45) is -0.369. The van der Waals surface area contributed by atoms with E-state index in [-0.39, 0.29) is 23.8 Å². The highest BCUT2D eigenvalue weighted by Crippen LogP contribution is 2.43. The number of rotatable bonds is 2. The Hall–Kier alpha value is -2.70. The summed E-state index contributed by atoms with van der Waals surface area (Å²) >= 11 is 0. The van der Waals surface area contributed by atoms with E-state index < -0.39 is 0 Å². The van der Waals surface area contributed by atoms with E-state index in [0.717, 1.165) is 16.5 Å². The van der Waals surface area contributed by atoms with E-state index in [1.165, 1.54) is 0 Å². The predicted octanol–water partition coefficient (Wildman–Crippen LogP) is 1.79. The normalized spacial score (nSPS) is 20.4. The summed E-state index contributed by atoms with van der Waals surface area (Å²) in [6.45, 7) is 0. The zero-order valence-corrected chi connectivity index (χ0v) is 15.1. The average Bonchev–Trinajstić information content (AvgIpc) is 2.84. The van der Waals surface area contributed by atoms with Crippen LogP contribution in [0.4, 0.5) is 0 Å². The Morgan fingerprint density at radius 1 is 0.769 bits per heavy atom. The van der Waals surface area contributed by atoms with Crippen LogP contribution in [0.15, 0.2) is 34.3 Å². The van der Waals surface area contributed by atoms with E-state index in [4.69, 9.17) is 9.98 Å². The molecule has 2 atom stereocenters. The van der Waals surface area contributed by atoms with Crippen LogP contribution in [0.5, 0.6) is 11.5 Å². The summed E-state index contributed by atoms with van der Waals surface area (Å²) in [6, 6.07) is 7.67. The molecule has 0 aliphatic carbocycles. The summed E-state index contributed by atoms with van der Waals surface area (Å²) in [7, 11) is 7.91. The molecule has 3 aromatic carbocycles. The topological polar surface area (TPSA) is 71.7 Å². The third kappa shape index (κ3) is 1.78. The Morgan fingerprint density at radius 2 is 1.46 bits per heavy atom. The van der Waals surface area contributed by atoms with Crippen LogP contribution in [0, 0.1) is 0 Å². The first-order valence-electron chi connectivity index (χ1n) is 8.61. The van der Waals surface area contributed by atoms with Gasteiger partial charge in [-0.1, -0.05) is 12.1 Å². The molecule has 132 valence electrons. The summed E-state index contributed by atoms with van der Waals surface area (Å²) < 4.78 is 0. The van der Waals surface area contributed by atoms with Crippen molar-refractivity contribution in [3.63, 3.8) is 0 Å². The summed E-state index contributed by atoms with van der Waals surface area (Å²) in [5.74, 6) is 0.349. The monoisotopic (exact) mass is 348 g/mol. The Kier molecular flexibility index (Phi) is 2.95. The lowest BCUT2D eigenvalue weighted by molar-refractivity contribution is 0.300. The number of phenolic OH excluding ortho intramolecular Hbond substituents is 2. The van der Waals surface area contributed by atoms with Gasteiger partial charge in [-0.3, -0.25) is 19.8 Å². The van der Waals surface area contributed by atoms with Gasteiger partial charge < -0.3 is 10.2 Å². The fourth-order valence-electron chi connectivity index (χ4n) is 4.16. The van der Waals surface area contributed by atoms with Gasteiger partial charge in [-0.2, -0.15) is 0 Å². The first-order valence-corrected chi connectivity index (χ1v) is 8.61. The van der Waals surface area contributed by atoms with E-state index in [1.807, 2.05) is 62.3 Å². The van der Waals surface area contributed by atoms with Crippen molar-refractivity contribution in [1.29, 1.82) is 0 Å². The molecule has 6 nitrogen and oxygen atoms in total. The molecule has 0 saturated carbocycles. The van der Waals surface area contributed by atoms with Gasteiger partial charge in [0.05, 0.1) is 16.1 Å². The van der Waals surface area contributed by atoms with E-state index in [1.54, 1.807) is 0 Å². The van der Waals surface area contributed by atoms with Crippen molar-refractivity contribution in [2.75, 3.05) is 28.2 Å². The molecule has 0 amide bonds. The number of hydrogen-bond acceptors (Lipinski definition) is 6. The summed E-state index contributed by atoms with van der Waals surface area (Å²) in [5, 5.41) is 25.9. The van der Waals surface area contributed by atoms with Crippen LogP contribution in [-0.2, 0) is 0 Å². The molecule has 0 fully saturated rings. The van der Waals surface area contributed by atoms with E-state index in [2.05, 4.69) is 0 Å². The lowest BCUT2D eigenvalue weighted by Gasteiger charge is -2.23. The Bertz CT molecular complexity index is 1230. The van der Waals surface area contributed by atoms with Gasteiger partial charge in [0.15, 0.2) is 0 Å². The number of aromatic hydroxyl groups is 2. The minimum atomic E-state index is -0.193. The second-order valence-corrected chi connectivity index (χ2v) is 7.52. The zero-order chi connectivity index (χ0) is 18.3. The molecular weight excluding hydrogens is 328 g/mol. The van der Waals surface area contributed by atoms with Crippen LogP contribution in [0.25, 0.3) is 21.5 Å². The highest BCUT2D eigenvalue weighted by atomic mass is 16.3. The molecule has 6 heteroatoms. The van der Waals surface area contributed by atoms with Crippen LogP contribution >= 0.6 is 0 Å². The minimum Gasteiger partial charge on any atom is -0.507 e. The van der Waals surface area contributed by atoms with Crippen LogP contribution < -0.4 is 10.7 Å². The third-order valence-corrected chi connectivity index (χ3v) is 5.41. The number of fused-ring (bicyclic) bond motifs is 1. The number of nitrogens with zero attached hydrogens (tertiary/aromatic N) is 4. The molecule has 8 rings (SSSR count). The second-order valence-electron chi connectivity index (χ2n) is 7.52. The molecule has 2 unspecified atom stereocenters. The molecule has 2 N–H and O–H groups in total. The van der Waals surface area contributed by atoms with Crippen molar-refractivity contribution in [2.24, 2.45) is 9.98 Å². The maximum absolute atomic E-state index is 11.0. The predicted molar refractivity (Wildman–Crippen MR) is 100.0 cm³/mol. The van der Waals surface area contributed by atoms with Gasteiger partial charge in [0.25, 0.3) is 0 Å². The SMILES string of the molecule is CN(C)C1N=c2c3cc4c(O)c5cc1ccc5c(O)c4c2=NC3N(C)C. The van der Waals surface area contributed by atoms with Crippen LogP contribution in [0.3, 0.4) is 0 Å². The zero-order valence-electron chi connectivity index (χ0n) is 15.1. The molecule has 5 aliphatic heterocycles. The maximum Gasteiger partial charge on any atom is 0.133 e. The molecule has 0 aromatic heterocycles. The first kappa shape index (κ1) is 15.5. The molecule has 5 heterocycles. The quantitative estimate of drug-likeness (QED) is 0.547. The van der Waals surface area contributed by atoms with Crippen molar-refractivity contribution in [1.82, 2.24) is 9.80 Å². The fraction of sp³-hybridized carbons (Fsp3) is 0.300. The van der Waals surface area contributed by atoms with E-state index in [9.17, 15) is 10.2 Å². The molecular formula is C20H20N4O2. The molecule has 26 heavy (non-hydrogen) atoms. The Labute approximate surface area is 150 Å². The van der Waals surface area contributed by atoms with Gasteiger partial charge in [0.2, 0.25) is 0 Å². The standard InChI is InChI=1S/C20H20N4O2/c1-23(2)19-9-5-6-10-11(7-9)17(25)12-8-13-15(21-19)16(14(12)18(10)26)22-20(13)24(3)4/h5-8,19-20,25-26H,1-4H3. The first-order chi connectivity index (χ1) is 12.4. The second kappa shape index (κ2) is 4.93. The van der Waals surface area contributed by atoms with Crippen LogP contribution in [0.2, 0.25) is 0 Å². The van der Waals surface area contributed by atoms with Gasteiger partial charge in [-0.25, -0.2) is 0 Å². The van der Waals surface area contributed by atoms with Crippen LogP contribution in [-0.4, -0.2) is 48.2 Å². The van der Waals surface area contributed by atoms with Crippen molar-refractivity contribution in [3.05, 3.63) is 46.1 Å². The third-order valence-electron chi connectivity index (χ3n) is 5.41. The highest BCUT2D eigenvalue weighted by Gasteiger charge is 2.29. The number of hydrogen-bond donors (Lipinski definition) is 2. The lowest BCUT2D eigenvalue weighted by atomic mass is 9.95. The molecule has 0 spiro atoms. The van der Waals surface area contributed by atoms with Gasteiger partial charge in [0.1, 0.15) is 23.8 Å². The number of phenols is 2. The van der Waals surface area contributed by atoms with Crippen molar-refractivity contribution >= 4 is 21.5 Å². The van der Waals surface area contributed by atoms with Crippen molar-refractivity contribution in [3.8, 4) is 11.5 Å². The van der Waals surface area contributed by atoms with E-state index in [0.29, 0.717) is 26.9 Å². The highest BCUT2D eigenvalue weighted by molar-refractivity contribution is 6.11. The molecule has 3 aromatic rings. The molecule has 0 radical (unpaired) electrons. The van der Waals surface area contributed by atoms with Gasteiger partial charge in [-0.15, -0.1) is 0 Å². The average molecular weight is 348 g/mol. The van der Waals surface area contributed by atoms with Crippen molar-refractivity contribution < 1.29 is 10.2 Å². The summed E-state index contributed by atoms with van der Waals surface area (Å²) in [4.78, 5) is 13.9. The van der Waals surface area contributed by atoms with Gasteiger partial charge in [-0.05, 0) is 45.9 Å². The lowest BCUT2D eigenvalue weighted by Crippen LogP contribution is -2.30. The molecule has 0 saturated heterocycles. The van der Waals surface area contributed by atoms with Crippen LogP contribution in [0.1, 0.15) is 23.5 Å². The fourth-order valence-corrected chi connectivity index (χ4v) is 4.16. The Morgan fingerprint density at radius 3 is 2.15 bits per heavy atom.